The second-order valence-electron chi connectivity index (χ2n) is 4.65. The van der Waals surface area contributed by atoms with Gasteiger partial charge in [-0.2, -0.15) is 0 Å². The average molecular weight is 276 g/mol. The smallest absolute Gasteiger partial charge is 0.124 e. The lowest BCUT2D eigenvalue weighted by atomic mass is 10.1. The van der Waals surface area contributed by atoms with Crippen molar-refractivity contribution < 1.29 is 4.74 Å². The van der Waals surface area contributed by atoms with Gasteiger partial charge < -0.3 is 10.5 Å². The number of benzene rings is 1. The van der Waals surface area contributed by atoms with E-state index in [9.17, 15) is 0 Å². The number of hydrogen-bond donors (Lipinski definition) is 1. The summed E-state index contributed by atoms with van der Waals surface area (Å²) in [5.74, 6) is 1.29. The van der Waals surface area contributed by atoms with E-state index in [0.29, 0.717) is 19.1 Å². The third-order valence-corrected chi connectivity index (χ3v) is 3.99. The third-order valence-electron chi connectivity index (χ3n) is 2.85. The molecule has 0 amide bonds. The summed E-state index contributed by atoms with van der Waals surface area (Å²) in [4.78, 5) is 5.91. The van der Waals surface area contributed by atoms with Crippen LogP contribution in [0.3, 0.4) is 0 Å². The van der Waals surface area contributed by atoms with Crippen molar-refractivity contribution in [1.29, 1.82) is 0 Å². The van der Waals surface area contributed by atoms with Crippen molar-refractivity contribution in [2.24, 2.45) is 5.73 Å². The standard InChI is InChI=1S/C15H20N2OS/c1-4-18-12-7-5-6-11(8-12)15-17-14(10(2)3)13(9-16)19-15/h5-8,10H,4,9,16H2,1-3H3. The van der Waals surface area contributed by atoms with E-state index in [4.69, 9.17) is 15.5 Å². The maximum atomic E-state index is 5.80. The van der Waals surface area contributed by atoms with Crippen LogP contribution in [0.15, 0.2) is 24.3 Å². The number of ether oxygens (including phenoxy) is 1. The molecule has 0 saturated carbocycles. The Morgan fingerprint density at radius 3 is 2.74 bits per heavy atom. The molecule has 2 aromatic rings. The van der Waals surface area contributed by atoms with Crippen molar-refractivity contribution in [3.05, 3.63) is 34.8 Å². The van der Waals surface area contributed by atoms with Crippen LogP contribution >= 0.6 is 11.3 Å². The lowest BCUT2D eigenvalue weighted by Crippen LogP contribution is -1.99. The van der Waals surface area contributed by atoms with Crippen molar-refractivity contribution in [3.63, 3.8) is 0 Å². The van der Waals surface area contributed by atoms with Gasteiger partial charge in [0.25, 0.3) is 0 Å². The van der Waals surface area contributed by atoms with Crippen LogP contribution in [0.4, 0.5) is 0 Å². The topological polar surface area (TPSA) is 48.1 Å². The van der Waals surface area contributed by atoms with E-state index < -0.39 is 0 Å². The summed E-state index contributed by atoms with van der Waals surface area (Å²) >= 11 is 1.68. The van der Waals surface area contributed by atoms with Gasteiger partial charge in [-0.05, 0) is 25.0 Å². The molecule has 1 aromatic carbocycles. The summed E-state index contributed by atoms with van der Waals surface area (Å²) < 4.78 is 5.53. The Kier molecular flexibility index (Phi) is 4.56. The minimum Gasteiger partial charge on any atom is -0.494 e. The number of rotatable bonds is 5. The summed E-state index contributed by atoms with van der Waals surface area (Å²) in [7, 11) is 0. The fourth-order valence-electron chi connectivity index (χ4n) is 1.97. The predicted octanol–water partition coefficient (Wildman–Crippen LogP) is 3.79. The van der Waals surface area contributed by atoms with E-state index in [0.717, 1.165) is 22.0 Å². The van der Waals surface area contributed by atoms with Crippen molar-refractivity contribution in [2.45, 2.75) is 33.2 Å². The normalized spacial score (nSPS) is 11.0. The van der Waals surface area contributed by atoms with Crippen LogP contribution in [0, 0.1) is 0 Å². The first kappa shape index (κ1) is 14.0. The molecule has 102 valence electrons. The van der Waals surface area contributed by atoms with Crippen LogP contribution in [-0.4, -0.2) is 11.6 Å². The van der Waals surface area contributed by atoms with Gasteiger partial charge in [-0.3, -0.25) is 0 Å². The molecule has 2 N–H and O–H groups in total. The summed E-state index contributed by atoms with van der Waals surface area (Å²) in [6.07, 6.45) is 0. The highest BCUT2D eigenvalue weighted by atomic mass is 32.1. The molecular weight excluding hydrogens is 256 g/mol. The monoisotopic (exact) mass is 276 g/mol. The van der Waals surface area contributed by atoms with Gasteiger partial charge in [-0.25, -0.2) is 4.98 Å². The minimum absolute atomic E-state index is 0.402. The molecule has 1 heterocycles. The zero-order valence-electron chi connectivity index (χ0n) is 11.6. The molecule has 0 atom stereocenters. The van der Waals surface area contributed by atoms with Gasteiger partial charge in [0, 0.05) is 17.0 Å². The Hall–Kier alpha value is -1.39. The number of nitrogens with zero attached hydrogens (tertiary/aromatic N) is 1. The van der Waals surface area contributed by atoms with Crippen LogP contribution < -0.4 is 10.5 Å². The number of thiazole rings is 1. The molecule has 2 rings (SSSR count). The van der Waals surface area contributed by atoms with Crippen LogP contribution in [0.5, 0.6) is 5.75 Å². The van der Waals surface area contributed by atoms with Gasteiger partial charge in [0.05, 0.1) is 12.3 Å². The molecule has 0 unspecified atom stereocenters. The first-order chi connectivity index (χ1) is 9.15. The van der Waals surface area contributed by atoms with Gasteiger partial charge in [0.1, 0.15) is 10.8 Å². The van der Waals surface area contributed by atoms with Crippen LogP contribution in [0.2, 0.25) is 0 Å². The van der Waals surface area contributed by atoms with Crippen LogP contribution in [0.1, 0.15) is 37.3 Å². The highest BCUT2D eigenvalue weighted by Gasteiger charge is 2.14. The Balaban J connectivity index is 2.38. The minimum atomic E-state index is 0.402. The SMILES string of the molecule is CCOc1cccc(-c2nc(C(C)C)c(CN)s2)c1. The fraction of sp³-hybridized carbons (Fsp3) is 0.400. The number of aromatic nitrogens is 1. The van der Waals surface area contributed by atoms with Gasteiger partial charge in [-0.1, -0.05) is 26.0 Å². The molecular formula is C15H20N2OS. The lowest BCUT2D eigenvalue weighted by Gasteiger charge is -2.04. The molecule has 3 nitrogen and oxygen atoms in total. The Morgan fingerprint density at radius 2 is 2.16 bits per heavy atom. The third kappa shape index (κ3) is 3.14. The van der Waals surface area contributed by atoms with Crippen molar-refractivity contribution >= 4 is 11.3 Å². The Labute approximate surface area is 118 Å². The molecule has 0 aliphatic heterocycles. The zero-order chi connectivity index (χ0) is 13.8. The average Bonchev–Trinajstić information content (AvgIpc) is 2.84. The van der Waals surface area contributed by atoms with Gasteiger partial charge in [-0.15, -0.1) is 11.3 Å². The molecule has 0 saturated heterocycles. The van der Waals surface area contributed by atoms with E-state index in [2.05, 4.69) is 19.9 Å². The Morgan fingerprint density at radius 1 is 1.37 bits per heavy atom. The molecule has 0 radical (unpaired) electrons. The fourth-order valence-corrected chi connectivity index (χ4v) is 3.06. The first-order valence-corrected chi connectivity index (χ1v) is 7.40. The summed E-state index contributed by atoms with van der Waals surface area (Å²) in [6, 6.07) is 8.06. The second-order valence-corrected chi connectivity index (χ2v) is 5.73. The molecule has 0 bridgehead atoms. The maximum absolute atomic E-state index is 5.80. The van der Waals surface area contributed by atoms with Crippen molar-refractivity contribution in [1.82, 2.24) is 4.98 Å². The van der Waals surface area contributed by atoms with Crippen molar-refractivity contribution in [2.75, 3.05) is 6.61 Å². The Bertz CT molecular complexity index is 549. The quantitative estimate of drug-likeness (QED) is 0.903. The summed E-state index contributed by atoms with van der Waals surface area (Å²) in [5, 5.41) is 1.02. The van der Waals surface area contributed by atoms with Crippen LogP contribution in [0.25, 0.3) is 10.6 Å². The van der Waals surface area contributed by atoms with Gasteiger partial charge >= 0.3 is 0 Å². The molecule has 19 heavy (non-hydrogen) atoms. The highest BCUT2D eigenvalue weighted by Crippen LogP contribution is 2.32. The molecule has 0 spiro atoms. The first-order valence-electron chi connectivity index (χ1n) is 6.58. The molecule has 1 aromatic heterocycles. The van der Waals surface area contributed by atoms with E-state index in [1.54, 1.807) is 11.3 Å². The number of nitrogens with two attached hydrogens (primary N) is 1. The van der Waals surface area contributed by atoms with Crippen molar-refractivity contribution in [3.8, 4) is 16.3 Å². The van der Waals surface area contributed by atoms with E-state index in [1.807, 2.05) is 25.1 Å². The summed E-state index contributed by atoms with van der Waals surface area (Å²) in [6.45, 7) is 7.51. The number of hydrogen-bond acceptors (Lipinski definition) is 4. The highest BCUT2D eigenvalue weighted by molar-refractivity contribution is 7.15. The maximum Gasteiger partial charge on any atom is 0.124 e. The van der Waals surface area contributed by atoms with Gasteiger partial charge in [0.15, 0.2) is 0 Å². The second kappa shape index (κ2) is 6.17. The molecule has 0 aliphatic carbocycles. The van der Waals surface area contributed by atoms with E-state index in [-0.39, 0.29) is 0 Å². The summed E-state index contributed by atoms with van der Waals surface area (Å²) in [5.41, 5.74) is 8.01. The lowest BCUT2D eigenvalue weighted by molar-refractivity contribution is 0.340. The molecule has 4 heteroatoms. The van der Waals surface area contributed by atoms with E-state index >= 15 is 0 Å². The van der Waals surface area contributed by atoms with Crippen LogP contribution in [-0.2, 0) is 6.54 Å². The molecule has 0 aliphatic rings. The zero-order valence-corrected chi connectivity index (χ0v) is 12.5. The van der Waals surface area contributed by atoms with Gasteiger partial charge in [0.2, 0.25) is 0 Å². The predicted molar refractivity (Wildman–Crippen MR) is 80.7 cm³/mol. The largest absolute Gasteiger partial charge is 0.494 e. The van der Waals surface area contributed by atoms with E-state index in [1.165, 1.54) is 4.88 Å². The molecule has 0 fully saturated rings.